The molecule has 0 saturated carbocycles. The first-order chi connectivity index (χ1) is 9.52. The lowest BCUT2D eigenvalue weighted by molar-refractivity contribution is -0.389. The van der Waals surface area contributed by atoms with Crippen LogP contribution < -0.4 is 5.32 Å². The Kier molecular flexibility index (Phi) is 4.13. The minimum Gasteiger partial charge on any atom is -0.354 e. The number of anilines is 1. The Labute approximate surface area is 119 Å². The number of aryl methyl sites for hydroxylation is 2. The summed E-state index contributed by atoms with van der Waals surface area (Å²) in [7, 11) is 1.71. The van der Waals surface area contributed by atoms with E-state index in [0.717, 1.165) is 11.8 Å². The van der Waals surface area contributed by atoms with Crippen LogP contribution in [0.2, 0.25) is 0 Å². The zero-order valence-electron chi connectivity index (χ0n) is 11.2. The molecule has 0 fully saturated rings. The summed E-state index contributed by atoms with van der Waals surface area (Å²) >= 11 is 1.09. The molecule has 0 radical (unpaired) electrons. The standard InChI is InChI=1S/C10H13N7O2S/c1-4-11-9-14-6(2)7(17(18)19)8(15-9)20-10-12-5-13-16(10)3/h5H,4H2,1-3H3,(H,11,14,15). The third-order valence-corrected chi connectivity index (χ3v) is 3.43. The number of hydrogen-bond acceptors (Lipinski definition) is 8. The second-order valence-electron chi connectivity index (χ2n) is 3.84. The molecule has 0 aromatic carbocycles. The van der Waals surface area contributed by atoms with E-state index < -0.39 is 4.92 Å². The van der Waals surface area contributed by atoms with Gasteiger partial charge in [0.1, 0.15) is 12.0 Å². The Morgan fingerprint density at radius 3 is 2.80 bits per heavy atom. The first-order valence-corrected chi connectivity index (χ1v) is 6.63. The highest BCUT2D eigenvalue weighted by molar-refractivity contribution is 7.99. The van der Waals surface area contributed by atoms with Crippen molar-refractivity contribution in [3.05, 3.63) is 22.1 Å². The van der Waals surface area contributed by atoms with Crippen molar-refractivity contribution in [3.8, 4) is 0 Å². The molecule has 2 heterocycles. The number of aromatic nitrogens is 5. The SMILES string of the molecule is CCNc1nc(C)c([N+](=O)[O-])c(Sc2ncnn2C)n1. The van der Waals surface area contributed by atoms with Crippen LogP contribution in [0.15, 0.2) is 16.5 Å². The van der Waals surface area contributed by atoms with Crippen molar-refractivity contribution >= 4 is 23.4 Å². The van der Waals surface area contributed by atoms with Gasteiger partial charge in [0.15, 0.2) is 10.2 Å². The number of nitrogens with zero attached hydrogens (tertiary/aromatic N) is 6. The minimum atomic E-state index is -0.482. The zero-order valence-corrected chi connectivity index (χ0v) is 12.0. The molecular formula is C10H13N7O2S. The highest BCUT2D eigenvalue weighted by atomic mass is 32.2. The van der Waals surface area contributed by atoms with Gasteiger partial charge in [-0.2, -0.15) is 10.1 Å². The van der Waals surface area contributed by atoms with Crippen LogP contribution in [0.4, 0.5) is 11.6 Å². The lowest BCUT2D eigenvalue weighted by atomic mass is 10.4. The van der Waals surface area contributed by atoms with E-state index in [1.807, 2.05) is 6.92 Å². The Balaban J connectivity index is 2.47. The van der Waals surface area contributed by atoms with E-state index in [1.165, 1.54) is 11.0 Å². The van der Waals surface area contributed by atoms with E-state index in [-0.39, 0.29) is 10.7 Å². The molecule has 0 atom stereocenters. The third-order valence-electron chi connectivity index (χ3n) is 2.40. The predicted molar refractivity (Wildman–Crippen MR) is 72.7 cm³/mol. The fraction of sp³-hybridized carbons (Fsp3) is 0.400. The van der Waals surface area contributed by atoms with Crippen molar-refractivity contribution in [2.24, 2.45) is 7.05 Å². The molecule has 0 amide bonds. The maximum Gasteiger partial charge on any atom is 0.322 e. The average molecular weight is 295 g/mol. The minimum absolute atomic E-state index is 0.111. The van der Waals surface area contributed by atoms with E-state index in [1.54, 1.807) is 14.0 Å². The summed E-state index contributed by atoms with van der Waals surface area (Å²) in [5.74, 6) is 0.361. The molecule has 2 aromatic rings. The summed E-state index contributed by atoms with van der Waals surface area (Å²) in [6.07, 6.45) is 1.38. The number of nitrogens with one attached hydrogen (secondary N) is 1. The molecule has 2 rings (SSSR count). The highest BCUT2D eigenvalue weighted by Crippen LogP contribution is 2.34. The van der Waals surface area contributed by atoms with E-state index in [4.69, 9.17) is 0 Å². The van der Waals surface area contributed by atoms with Gasteiger partial charge in [0.2, 0.25) is 5.95 Å². The quantitative estimate of drug-likeness (QED) is 0.500. The van der Waals surface area contributed by atoms with E-state index in [9.17, 15) is 10.1 Å². The Hall–Kier alpha value is -2.23. The van der Waals surface area contributed by atoms with Gasteiger partial charge in [-0.1, -0.05) is 0 Å². The van der Waals surface area contributed by atoms with Crippen molar-refractivity contribution in [1.82, 2.24) is 24.7 Å². The largest absolute Gasteiger partial charge is 0.354 e. The molecule has 0 aliphatic heterocycles. The van der Waals surface area contributed by atoms with Gasteiger partial charge in [0, 0.05) is 13.6 Å². The van der Waals surface area contributed by atoms with Gasteiger partial charge < -0.3 is 5.32 Å². The summed E-state index contributed by atoms with van der Waals surface area (Å²) < 4.78 is 1.53. The molecule has 0 bridgehead atoms. The molecule has 9 nitrogen and oxygen atoms in total. The molecule has 0 unspecified atom stereocenters. The van der Waals surface area contributed by atoms with Crippen LogP contribution in [0.5, 0.6) is 0 Å². The lowest BCUT2D eigenvalue weighted by Crippen LogP contribution is -2.07. The molecule has 20 heavy (non-hydrogen) atoms. The summed E-state index contributed by atoms with van der Waals surface area (Å²) in [6.45, 7) is 4.11. The summed E-state index contributed by atoms with van der Waals surface area (Å²) in [6, 6.07) is 0. The Morgan fingerprint density at radius 2 is 2.25 bits per heavy atom. The zero-order chi connectivity index (χ0) is 14.7. The van der Waals surface area contributed by atoms with Crippen LogP contribution in [-0.2, 0) is 7.05 Å². The van der Waals surface area contributed by atoms with E-state index >= 15 is 0 Å². The number of hydrogen-bond donors (Lipinski definition) is 1. The molecule has 0 saturated heterocycles. The van der Waals surface area contributed by atoms with E-state index in [0.29, 0.717) is 23.3 Å². The maximum atomic E-state index is 11.2. The normalized spacial score (nSPS) is 10.6. The first kappa shape index (κ1) is 14.2. The van der Waals surface area contributed by atoms with Crippen LogP contribution in [0.1, 0.15) is 12.6 Å². The molecule has 10 heteroatoms. The van der Waals surface area contributed by atoms with Gasteiger partial charge in [-0.25, -0.2) is 14.6 Å². The molecular weight excluding hydrogens is 282 g/mol. The third kappa shape index (κ3) is 2.85. The number of rotatable bonds is 5. The van der Waals surface area contributed by atoms with Gasteiger partial charge in [0.25, 0.3) is 0 Å². The molecule has 0 aliphatic rings. The topological polar surface area (TPSA) is 112 Å². The summed E-state index contributed by atoms with van der Waals surface area (Å²) in [5.41, 5.74) is 0.199. The maximum absolute atomic E-state index is 11.2. The highest BCUT2D eigenvalue weighted by Gasteiger charge is 2.24. The smallest absolute Gasteiger partial charge is 0.322 e. The second-order valence-corrected chi connectivity index (χ2v) is 4.80. The molecule has 1 N–H and O–H groups in total. The molecule has 0 spiro atoms. The van der Waals surface area contributed by atoms with Gasteiger partial charge in [0.05, 0.1) is 4.92 Å². The van der Waals surface area contributed by atoms with Crippen molar-refractivity contribution in [1.29, 1.82) is 0 Å². The van der Waals surface area contributed by atoms with Crippen LogP contribution in [0.3, 0.4) is 0 Å². The Morgan fingerprint density at radius 1 is 1.50 bits per heavy atom. The average Bonchev–Trinajstić information content (AvgIpc) is 2.74. The van der Waals surface area contributed by atoms with E-state index in [2.05, 4.69) is 25.4 Å². The first-order valence-electron chi connectivity index (χ1n) is 5.81. The summed E-state index contributed by atoms with van der Waals surface area (Å²) in [4.78, 5) is 23.0. The molecule has 0 aliphatic carbocycles. The van der Waals surface area contributed by atoms with Crippen molar-refractivity contribution in [3.63, 3.8) is 0 Å². The van der Waals surface area contributed by atoms with Crippen LogP contribution in [0.25, 0.3) is 0 Å². The lowest BCUT2D eigenvalue weighted by Gasteiger charge is -2.07. The van der Waals surface area contributed by atoms with Crippen molar-refractivity contribution in [2.45, 2.75) is 24.0 Å². The van der Waals surface area contributed by atoms with Gasteiger partial charge in [-0.05, 0) is 25.6 Å². The second kappa shape index (κ2) is 5.82. The van der Waals surface area contributed by atoms with Gasteiger partial charge in [-0.15, -0.1) is 0 Å². The monoisotopic (exact) mass is 295 g/mol. The van der Waals surface area contributed by atoms with Crippen LogP contribution in [-0.4, -0.2) is 36.2 Å². The van der Waals surface area contributed by atoms with Crippen molar-refractivity contribution < 1.29 is 4.92 Å². The van der Waals surface area contributed by atoms with Crippen LogP contribution >= 0.6 is 11.8 Å². The predicted octanol–water partition coefficient (Wildman–Crippen LogP) is 1.40. The fourth-order valence-electron chi connectivity index (χ4n) is 1.52. The molecule has 2 aromatic heterocycles. The fourth-order valence-corrected chi connectivity index (χ4v) is 2.43. The molecule has 106 valence electrons. The van der Waals surface area contributed by atoms with Gasteiger partial charge in [-0.3, -0.25) is 10.1 Å². The Bertz CT molecular complexity index is 643. The van der Waals surface area contributed by atoms with Gasteiger partial charge >= 0.3 is 5.69 Å². The van der Waals surface area contributed by atoms with Crippen molar-refractivity contribution in [2.75, 3.05) is 11.9 Å². The number of nitro groups is 1. The van der Waals surface area contributed by atoms with Crippen LogP contribution in [0, 0.1) is 17.0 Å². The summed E-state index contributed by atoms with van der Waals surface area (Å²) in [5, 5.41) is 18.8.